The van der Waals surface area contributed by atoms with Crippen LogP contribution < -0.4 is 5.73 Å². The van der Waals surface area contributed by atoms with E-state index < -0.39 is 5.54 Å². The Morgan fingerprint density at radius 2 is 1.64 bits per heavy atom. The molecule has 6 aromatic rings. The molecule has 0 spiro atoms. The minimum atomic E-state index is -0.503. The fourth-order valence-electron chi connectivity index (χ4n) is 4.03. The van der Waals surface area contributed by atoms with Crippen molar-refractivity contribution in [1.82, 2.24) is 29.5 Å². The number of benzene rings is 1. The van der Waals surface area contributed by atoms with Crippen LogP contribution in [0.3, 0.4) is 0 Å². The molecule has 0 aliphatic rings. The molecule has 160 valence electrons. The normalized spacial score (nSPS) is 12.1. The molecule has 0 bridgehead atoms. The number of pyridine rings is 4. The average Bonchev–Trinajstić information content (AvgIpc) is 3.28. The lowest BCUT2D eigenvalue weighted by Gasteiger charge is -2.18. The standard InChI is InChI=1S/C26H21N7/c1-26(2,27)23-10-7-18(13-30-23)33-15-31-22-14-29-21-9-8-20(32-24(21)25(22)33)17-11-16-5-3-4-6-19(16)28-12-17/h3-15H,27H2,1-2H3. The number of aromatic nitrogens is 6. The van der Waals surface area contributed by atoms with Crippen molar-refractivity contribution in [2.75, 3.05) is 0 Å². The molecule has 0 atom stereocenters. The second kappa shape index (κ2) is 7.15. The zero-order chi connectivity index (χ0) is 22.6. The summed E-state index contributed by atoms with van der Waals surface area (Å²) in [6, 6.07) is 18.1. The highest BCUT2D eigenvalue weighted by Crippen LogP contribution is 2.28. The van der Waals surface area contributed by atoms with Gasteiger partial charge in [-0.3, -0.25) is 19.5 Å². The molecule has 6 rings (SSSR count). The Kier molecular flexibility index (Phi) is 4.21. The van der Waals surface area contributed by atoms with E-state index in [9.17, 15) is 0 Å². The molecule has 0 unspecified atom stereocenters. The topological polar surface area (TPSA) is 95.4 Å². The van der Waals surface area contributed by atoms with Crippen LogP contribution in [0.2, 0.25) is 0 Å². The summed E-state index contributed by atoms with van der Waals surface area (Å²) in [5.74, 6) is 0. The summed E-state index contributed by atoms with van der Waals surface area (Å²) < 4.78 is 2.00. The van der Waals surface area contributed by atoms with Gasteiger partial charge in [0.05, 0.1) is 46.0 Å². The fourth-order valence-corrected chi connectivity index (χ4v) is 4.03. The molecule has 5 aromatic heterocycles. The molecule has 33 heavy (non-hydrogen) atoms. The van der Waals surface area contributed by atoms with Gasteiger partial charge < -0.3 is 5.73 Å². The van der Waals surface area contributed by atoms with Crippen molar-refractivity contribution in [3.05, 3.63) is 85.2 Å². The maximum atomic E-state index is 6.19. The first-order chi connectivity index (χ1) is 16.0. The van der Waals surface area contributed by atoms with Gasteiger partial charge in [-0.15, -0.1) is 0 Å². The maximum absolute atomic E-state index is 6.19. The predicted molar refractivity (Wildman–Crippen MR) is 130 cm³/mol. The van der Waals surface area contributed by atoms with Gasteiger partial charge in [0.15, 0.2) is 0 Å². The third-order valence-corrected chi connectivity index (χ3v) is 5.79. The highest BCUT2D eigenvalue weighted by Gasteiger charge is 2.17. The van der Waals surface area contributed by atoms with Gasteiger partial charge in [0.1, 0.15) is 22.9 Å². The van der Waals surface area contributed by atoms with Crippen molar-refractivity contribution in [3.8, 4) is 16.9 Å². The monoisotopic (exact) mass is 431 g/mol. The van der Waals surface area contributed by atoms with E-state index in [1.54, 1.807) is 12.5 Å². The van der Waals surface area contributed by atoms with Gasteiger partial charge in [0, 0.05) is 17.1 Å². The molecule has 0 saturated heterocycles. The molecule has 5 heterocycles. The van der Waals surface area contributed by atoms with E-state index in [0.717, 1.165) is 55.6 Å². The van der Waals surface area contributed by atoms with E-state index in [-0.39, 0.29) is 0 Å². The van der Waals surface area contributed by atoms with E-state index in [4.69, 9.17) is 10.7 Å². The highest BCUT2D eigenvalue weighted by atomic mass is 15.1. The number of imidazole rings is 1. The number of para-hydroxylation sites is 1. The van der Waals surface area contributed by atoms with Crippen molar-refractivity contribution in [2.45, 2.75) is 19.4 Å². The van der Waals surface area contributed by atoms with Crippen molar-refractivity contribution in [2.24, 2.45) is 5.73 Å². The molecule has 1 aromatic carbocycles. The Morgan fingerprint density at radius 3 is 2.45 bits per heavy atom. The van der Waals surface area contributed by atoms with Gasteiger partial charge in [0.25, 0.3) is 0 Å². The van der Waals surface area contributed by atoms with Gasteiger partial charge in [-0.25, -0.2) is 9.97 Å². The summed E-state index contributed by atoms with van der Waals surface area (Å²) in [6.45, 7) is 3.88. The molecule has 0 saturated carbocycles. The molecular weight excluding hydrogens is 410 g/mol. The maximum Gasteiger partial charge on any atom is 0.116 e. The SMILES string of the molecule is CC(C)(N)c1ccc(-n2cnc3cnc4ccc(-c5cnc6ccccc6c5)nc4c32)cn1. The number of nitrogens with zero attached hydrogens (tertiary/aromatic N) is 6. The van der Waals surface area contributed by atoms with Crippen LogP contribution in [0.5, 0.6) is 0 Å². The molecule has 7 nitrogen and oxygen atoms in total. The lowest BCUT2D eigenvalue weighted by atomic mass is 10.0. The summed E-state index contributed by atoms with van der Waals surface area (Å²) in [7, 11) is 0. The Labute approximate surface area is 190 Å². The largest absolute Gasteiger partial charge is 0.321 e. The van der Waals surface area contributed by atoms with E-state index in [2.05, 4.69) is 32.1 Å². The first kappa shape index (κ1) is 19.5. The van der Waals surface area contributed by atoms with E-state index in [1.807, 2.05) is 73.3 Å². The number of rotatable bonds is 3. The molecule has 0 radical (unpaired) electrons. The second-order valence-corrected chi connectivity index (χ2v) is 8.71. The first-order valence-electron chi connectivity index (χ1n) is 10.7. The lowest BCUT2D eigenvalue weighted by molar-refractivity contribution is 0.535. The number of hydrogen-bond acceptors (Lipinski definition) is 6. The van der Waals surface area contributed by atoms with E-state index in [0.29, 0.717) is 0 Å². The van der Waals surface area contributed by atoms with Crippen LogP contribution >= 0.6 is 0 Å². The summed E-state index contributed by atoms with van der Waals surface area (Å²) in [4.78, 5) is 23.3. The summed E-state index contributed by atoms with van der Waals surface area (Å²) in [5, 5.41) is 1.08. The van der Waals surface area contributed by atoms with Crippen LogP contribution in [0.15, 0.2) is 79.5 Å². The van der Waals surface area contributed by atoms with E-state index in [1.165, 1.54) is 0 Å². The number of hydrogen-bond donors (Lipinski definition) is 1. The van der Waals surface area contributed by atoms with Crippen LogP contribution in [0.25, 0.3) is 49.9 Å². The zero-order valence-electron chi connectivity index (χ0n) is 18.3. The second-order valence-electron chi connectivity index (χ2n) is 8.71. The fraction of sp³-hybridized carbons (Fsp3) is 0.115. The summed E-state index contributed by atoms with van der Waals surface area (Å²) in [6.07, 6.45) is 7.23. The van der Waals surface area contributed by atoms with Gasteiger partial charge in [-0.1, -0.05) is 18.2 Å². The van der Waals surface area contributed by atoms with Gasteiger partial charge in [-0.05, 0) is 50.2 Å². The third kappa shape index (κ3) is 3.30. The van der Waals surface area contributed by atoms with E-state index >= 15 is 0 Å². The van der Waals surface area contributed by atoms with Crippen LogP contribution in [0, 0.1) is 0 Å². The smallest absolute Gasteiger partial charge is 0.116 e. The number of fused-ring (bicyclic) bond motifs is 4. The number of nitrogens with two attached hydrogens (primary N) is 1. The minimum absolute atomic E-state index is 0.503. The molecule has 2 N–H and O–H groups in total. The molecule has 0 fully saturated rings. The molecular formula is C26H21N7. The Morgan fingerprint density at radius 1 is 0.788 bits per heavy atom. The van der Waals surface area contributed by atoms with Crippen LogP contribution in [-0.2, 0) is 5.54 Å². The van der Waals surface area contributed by atoms with Crippen molar-refractivity contribution in [1.29, 1.82) is 0 Å². The van der Waals surface area contributed by atoms with Crippen LogP contribution in [0.4, 0.5) is 0 Å². The van der Waals surface area contributed by atoms with Crippen molar-refractivity contribution >= 4 is 33.0 Å². The van der Waals surface area contributed by atoms with Gasteiger partial charge in [-0.2, -0.15) is 0 Å². The minimum Gasteiger partial charge on any atom is -0.321 e. The Balaban J connectivity index is 1.53. The molecule has 0 aliphatic carbocycles. The quantitative estimate of drug-likeness (QED) is 0.434. The zero-order valence-corrected chi connectivity index (χ0v) is 18.3. The van der Waals surface area contributed by atoms with Crippen molar-refractivity contribution < 1.29 is 0 Å². The first-order valence-corrected chi connectivity index (χ1v) is 10.7. The predicted octanol–water partition coefficient (Wildman–Crippen LogP) is 4.77. The van der Waals surface area contributed by atoms with Crippen molar-refractivity contribution in [3.63, 3.8) is 0 Å². The van der Waals surface area contributed by atoms with Gasteiger partial charge >= 0.3 is 0 Å². The van der Waals surface area contributed by atoms with Gasteiger partial charge in [0.2, 0.25) is 0 Å². The summed E-state index contributed by atoms with van der Waals surface area (Å²) in [5.41, 5.74) is 13.4. The average molecular weight is 432 g/mol. The molecule has 0 aliphatic heterocycles. The Bertz CT molecular complexity index is 1640. The summed E-state index contributed by atoms with van der Waals surface area (Å²) >= 11 is 0. The third-order valence-electron chi connectivity index (χ3n) is 5.79. The van der Waals surface area contributed by atoms with Crippen LogP contribution in [0.1, 0.15) is 19.5 Å². The van der Waals surface area contributed by atoms with Crippen LogP contribution in [-0.4, -0.2) is 29.5 Å². The highest BCUT2D eigenvalue weighted by molar-refractivity contribution is 6.01. The Hall–Kier alpha value is -4.23. The lowest BCUT2D eigenvalue weighted by Crippen LogP contribution is -2.29. The molecule has 0 amide bonds. The molecule has 7 heteroatoms.